The highest BCUT2D eigenvalue weighted by atomic mass is 35.5. The van der Waals surface area contributed by atoms with E-state index in [1.807, 2.05) is 24.3 Å². The van der Waals surface area contributed by atoms with Crippen LogP contribution in [0.3, 0.4) is 0 Å². The number of rotatable bonds is 1. The van der Waals surface area contributed by atoms with Gasteiger partial charge in [0.25, 0.3) is 0 Å². The molecule has 0 radical (unpaired) electrons. The van der Waals surface area contributed by atoms with E-state index in [4.69, 9.17) is 16.8 Å². The van der Waals surface area contributed by atoms with Crippen LogP contribution in [0.25, 0.3) is 10.8 Å². The minimum Gasteiger partial charge on any atom is -0.410 e. The van der Waals surface area contributed by atoms with Crippen LogP contribution >= 0.6 is 11.6 Å². The predicted molar refractivity (Wildman–Crippen MR) is 55.9 cm³/mol. The van der Waals surface area contributed by atoms with Crippen molar-refractivity contribution in [2.45, 2.75) is 0 Å². The Morgan fingerprint density at radius 3 is 2.86 bits per heavy atom. The van der Waals surface area contributed by atoms with Gasteiger partial charge in [0.2, 0.25) is 0 Å². The molecule has 1 heterocycles. The van der Waals surface area contributed by atoms with Crippen molar-refractivity contribution in [3.05, 3.63) is 42.2 Å². The first kappa shape index (κ1) is 8.97. The molecule has 0 fully saturated rings. The number of nitrogens with zero attached hydrogens (tertiary/aromatic N) is 2. The summed E-state index contributed by atoms with van der Waals surface area (Å²) in [5.41, 5.74) is 0.632. The Morgan fingerprint density at radius 2 is 2.07 bits per heavy atom. The van der Waals surface area contributed by atoms with Gasteiger partial charge in [-0.3, -0.25) is 4.98 Å². The Kier molecular flexibility index (Phi) is 2.33. The second-order valence-electron chi connectivity index (χ2n) is 2.80. The van der Waals surface area contributed by atoms with Crippen LogP contribution in [-0.2, 0) is 0 Å². The number of fused-ring (bicyclic) bond motifs is 1. The largest absolute Gasteiger partial charge is 0.410 e. The lowest BCUT2D eigenvalue weighted by molar-refractivity contribution is 0.321. The summed E-state index contributed by atoms with van der Waals surface area (Å²) in [6.07, 6.45) is 3.31. The molecular formula is C10H7ClN2O. The SMILES string of the molecule is O/N=C(/Cl)c1cncc2ccccc12. The highest BCUT2D eigenvalue weighted by molar-refractivity contribution is 6.70. The van der Waals surface area contributed by atoms with Crippen LogP contribution in [0.1, 0.15) is 5.56 Å². The zero-order valence-corrected chi connectivity index (χ0v) is 7.94. The molecule has 0 bridgehead atoms. The smallest absolute Gasteiger partial charge is 0.177 e. The van der Waals surface area contributed by atoms with E-state index < -0.39 is 0 Å². The molecule has 1 aromatic heterocycles. The topological polar surface area (TPSA) is 45.5 Å². The predicted octanol–water partition coefficient (Wildman–Crippen LogP) is 2.61. The van der Waals surface area contributed by atoms with Gasteiger partial charge >= 0.3 is 0 Å². The Bertz CT molecular complexity index is 491. The summed E-state index contributed by atoms with van der Waals surface area (Å²) in [5, 5.41) is 13.5. The Balaban J connectivity index is 2.77. The maximum Gasteiger partial charge on any atom is 0.177 e. The fourth-order valence-electron chi connectivity index (χ4n) is 1.33. The maximum absolute atomic E-state index is 8.58. The molecule has 70 valence electrons. The molecule has 2 rings (SSSR count). The normalized spacial score (nSPS) is 11.9. The number of oxime groups is 1. The molecule has 1 aromatic carbocycles. The van der Waals surface area contributed by atoms with Crippen LogP contribution in [0.5, 0.6) is 0 Å². The Hall–Kier alpha value is -1.61. The second kappa shape index (κ2) is 3.64. The van der Waals surface area contributed by atoms with Crippen molar-refractivity contribution in [3.8, 4) is 0 Å². The third-order valence-electron chi connectivity index (χ3n) is 1.98. The van der Waals surface area contributed by atoms with E-state index in [0.29, 0.717) is 5.56 Å². The fourth-order valence-corrected chi connectivity index (χ4v) is 1.49. The number of hydrogen-bond acceptors (Lipinski definition) is 3. The molecule has 4 heteroatoms. The molecule has 0 amide bonds. The molecular weight excluding hydrogens is 200 g/mol. The average molecular weight is 207 g/mol. The van der Waals surface area contributed by atoms with Crippen molar-refractivity contribution in [2.24, 2.45) is 5.16 Å². The Morgan fingerprint density at radius 1 is 1.29 bits per heavy atom. The molecule has 0 aliphatic carbocycles. The van der Waals surface area contributed by atoms with Crippen molar-refractivity contribution < 1.29 is 5.21 Å². The summed E-state index contributed by atoms with van der Waals surface area (Å²) in [7, 11) is 0. The van der Waals surface area contributed by atoms with Gasteiger partial charge in [-0.15, -0.1) is 0 Å². The third-order valence-corrected chi connectivity index (χ3v) is 2.26. The van der Waals surface area contributed by atoms with Crippen LogP contribution in [-0.4, -0.2) is 15.4 Å². The standard InChI is InChI=1S/C10H7ClN2O/c11-10(13-14)9-6-12-5-7-3-1-2-4-8(7)9/h1-6,14H/b13-10+. The minimum absolute atomic E-state index is 0.0503. The van der Waals surface area contributed by atoms with E-state index in [1.54, 1.807) is 12.4 Å². The van der Waals surface area contributed by atoms with Gasteiger partial charge in [0.1, 0.15) is 0 Å². The summed E-state index contributed by atoms with van der Waals surface area (Å²) in [4.78, 5) is 4.01. The number of benzene rings is 1. The van der Waals surface area contributed by atoms with Gasteiger partial charge in [-0.25, -0.2) is 0 Å². The van der Waals surface area contributed by atoms with E-state index in [0.717, 1.165) is 10.8 Å². The van der Waals surface area contributed by atoms with Crippen LogP contribution < -0.4 is 0 Å². The zero-order chi connectivity index (χ0) is 9.97. The van der Waals surface area contributed by atoms with Crippen molar-refractivity contribution in [3.63, 3.8) is 0 Å². The first-order valence-corrected chi connectivity index (χ1v) is 4.41. The number of pyridine rings is 1. The number of hydrogen-bond donors (Lipinski definition) is 1. The molecule has 0 spiro atoms. The molecule has 0 unspecified atom stereocenters. The van der Waals surface area contributed by atoms with Crippen LogP contribution in [0, 0.1) is 0 Å². The lowest BCUT2D eigenvalue weighted by Gasteiger charge is -2.01. The van der Waals surface area contributed by atoms with E-state index in [1.165, 1.54) is 0 Å². The highest BCUT2D eigenvalue weighted by Crippen LogP contribution is 2.18. The molecule has 2 aromatic rings. The summed E-state index contributed by atoms with van der Waals surface area (Å²) in [6, 6.07) is 7.64. The average Bonchev–Trinajstić information content (AvgIpc) is 2.27. The molecule has 0 aliphatic rings. The quantitative estimate of drug-likeness (QED) is 0.443. The van der Waals surface area contributed by atoms with Gasteiger partial charge in [-0.2, -0.15) is 0 Å². The van der Waals surface area contributed by atoms with Gasteiger partial charge < -0.3 is 5.21 Å². The molecule has 0 aliphatic heterocycles. The molecule has 0 saturated heterocycles. The molecule has 3 nitrogen and oxygen atoms in total. The molecule has 14 heavy (non-hydrogen) atoms. The van der Waals surface area contributed by atoms with Crippen LogP contribution in [0.4, 0.5) is 0 Å². The van der Waals surface area contributed by atoms with Crippen molar-refractivity contribution in [2.75, 3.05) is 0 Å². The molecule has 0 saturated carbocycles. The molecule has 0 atom stereocenters. The first-order valence-electron chi connectivity index (χ1n) is 4.03. The zero-order valence-electron chi connectivity index (χ0n) is 7.18. The summed E-state index contributed by atoms with van der Waals surface area (Å²) >= 11 is 5.73. The summed E-state index contributed by atoms with van der Waals surface area (Å²) in [5.74, 6) is 0. The number of halogens is 1. The van der Waals surface area contributed by atoms with Gasteiger partial charge in [0.15, 0.2) is 5.17 Å². The van der Waals surface area contributed by atoms with Crippen LogP contribution in [0.2, 0.25) is 0 Å². The van der Waals surface area contributed by atoms with Gasteiger partial charge in [0, 0.05) is 23.3 Å². The van der Waals surface area contributed by atoms with Crippen LogP contribution in [0.15, 0.2) is 41.8 Å². The van der Waals surface area contributed by atoms with Crippen molar-refractivity contribution in [1.82, 2.24) is 4.98 Å². The van der Waals surface area contributed by atoms with E-state index in [9.17, 15) is 0 Å². The van der Waals surface area contributed by atoms with Gasteiger partial charge in [0.05, 0.1) is 0 Å². The summed E-state index contributed by atoms with van der Waals surface area (Å²) in [6.45, 7) is 0. The van der Waals surface area contributed by atoms with E-state index >= 15 is 0 Å². The first-order chi connectivity index (χ1) is 6.83. The van der Waals surface area contributed by atoms with Gasteiger partial charge in [-0.1, -0.05) is 41.0 Å². The monoisotopic (exact) mass is 206 g/mol. The van der Waals surface area contributed by atoms with Gasteiger partial charge in [-0.05, 0) is 5.39 Å². The Labute approximate surface area is 85.6 Å². The highest BCUT2D eigenvalue weighted by Gasteiger charge is 2.05. The van der Waals surface area contributed by atoms with Crippen molar-refractivity contribution >= 4 is 27.5 Å². The third kappa shape index (κ3) is 1.42. The molecule has 1 N–H and O–H groups in total. The minimum atomic E-state index is 0.0503. The lowest BCUT2D eigenvalue weighted by Crippen LogP contribution is -1.93. The van der Waals surface area contributed by atoms with Crippen molar-refractivity contribution in [1.29, 1.82) is 0 Å². The lowest BCUT2D eigenvalue weighted by atomic mass is 10.1. The summed E-state index contributed by atoms with van der Waals surface area (Å²) < 4.78 is 0. The van der Waals surface area contributed by atoms with E-state index in [-0.39, 0.29) is 5.17 Å². The fraction of sp³-hybridized carbons (Fsp3) is 0. The second-order valence-corrected chi connectivity index (χ2v) is 3.16. The maximum atomic E-state index is 8.58. The number of aromatic nitrogens is 1. The van der Waals surface area contributed by atoms with E-state index in [2.05, 4.69) is 10.1 Å².